The van der Waals surface area contributed by atoms with Gasteiger partial charge in [0.1, 0.15) is 0 Å². The van der Waals surface area contributed by atoms with Crippen molar-refractivity contribution in [2.24, 2.45) is 0 Å². The van der Waals surface area contributed by atoms with E-state index in [4.69, 9.17) is 0 Å². The second-order valence-corrected chi connectivity index (χ2v) is 6.68. The summed E-state index contributed by atoms with van der Waals surface area (Å²) in [5.41, 5.74) is 2.03. The average molecular weight is 308 g/mol. The van der Waals surface area contributed by atoms with Crippen LogP contribution in [0, 0.1) is 0 Å². The number of tetrazole rings is 1. The van der Waals surface area contributed by atoms with Crippen LogP contribution in [0.4, 0.5) is 5.69 Å². The Bertz CT molecular complexity index is 728. The minimum absolute atomic E-state index is 0.250. The molecule has 0 amide bonds. The summed E-state index contributed by atoms with van der Waals surface area (Å²) < 4.78 is 27.4. The maximum absolute atomic E-state index is 12.4. The van der Waals surface area contributed by atoms with Crippen molar-refractivity contribution >= 4 is 15.7 Å². The van der Waals surface area contributed by atoms with Crippen molar-refractivity contribution in [3.05, 3.63) is 29.6 Å². The van der Waals surface area contributed by atoms with Gasteiger partial charge < -0.3 is 5.32 Å². The molecule has 1 aliphatic rings. The Labute approximate surface area is 122 Å². The van der Waals surface area contributed by atoms with Gasteiger partial charge in [0.05, 0.1) is 10.9 Å². The number of sulfonamides is 1. The highest BCUT2D eigenvalue weighted by molar-refractivity contribution is 7.89. The summed E-state index contributed by atoms with van der Waals surface area (Å²) in [6.07, 6.45) is 1.88. The first-order chi connectivity index (χ1) is 10.1. The number of aromatic amines is 1. The fraction of sp³-hybridized carbons (Fsp3) is 0.417. The third-order valence-electron chi connectivity index (χ3n) is 3.41. The van der Waals surface area contributed by atoms with Crippen molar-refractivity contribution in [2.75, 3.05) is 11.9 Å². The molecule has 0 spiro atoms. The molecule has 112 valence electrons. The molecule has 21 heavy (non-hydrogen) atoms. The van der Waals surface area contributed by atoms with Crippen molar-refractivity contribution in [2.45, 2.75) is 30.7 Å². The molecule has 0 saturated heterocycles. The van der Waals surface area contributed by atoms with Crippen molar-refractivity contribution in [1.82, 2.24) is 25.3 Å². The molecule has 2 aromatic rings. The van der Waals surface area contributed by atoms with Crippen LogP contribution in [0.5, 0.6) is 0 Å². The zero-order valence-electron chi connectivity index (χ0n) is 11.5. The number of rotatable bonds is 4. The topological polar surface area (TPSA) is 113 Å². The van der Waals surface area contributed by atoms with Crippen LogP contribution in [0.3, 0.4) is 0 Å². The third-order valence-corrected chi connectivity index (χ3v) is 4.94. The second-order valence-electron chi connectivity index (χ2n) is 4.96. The molecule has 9 heteroatoms. The normalized spacial score (nSPS) is 16.0. The SMILES string of the molecule is CC(NS(=O)(=O)c1ccc2c(c1)CCCN2)c1nn[nH]n1. The Balaban J connectivity index is 1.84. The molecule has 3 N–H and O–H groups in total. The molecule has 0 radical (unpaired) electrons. The van der Waals surface area contributed by atoms with E-state index in [-0.39, 0.29) is 4.90 Å². The molecule has 1 aromatic carbocycles. The minimum atomic E-state index is -3.62. The zero-order chi connectivity index (χ0) is 14.9. The number of H-pyrrole nitrogens is 1. The Morgan fingerprint density at radius 1 is 1.38 bits per heavy atom. The number of aromatic nitrogens is 4. The third kappa shape index (κ3) is 2.88. The first-order valence-electron chi connectivity index (χ1n) is 6.69. The maximum Gasteiger partial charge on any atom is 0.241 e. The van der Waals surface area contributed by atoms with Gasteiger partial charge in [0.15, 0.2) is 5.82 Å². The largest absolute Gasteiger partial charge is 0.385 e. The number of benzene rings is 1. The zero-order valence-corrected chi connectivity index (χ0v) is 12.3. The van der Waals surface area contributed by atoms with Crippen LogP contribution >= 0.6 is 0 Å². The molecule has 0 fully saturated rings. The summed E-state index contributed by atoms with van der Waals surface area (Å²) in [6, 6.07) is 4.57. The van der Waals surface area contributed by atoms with Crippen LogP contribution in [-0.2, 0) is 16.4 Å². The lowest BCUT2D eigenvalue weighted by Gasteiger charge is -2.19. The molecule has 1 atom stereocenters. The summed E-state index contributed by atoms with van der Waals surface area (Å²) >= 11 is 0. The van der Waals surface area contributed by atoms with E-state index in [1.165, 1.54) is 0 Å². The van der Waals surface area contributed by atoms with E-state index in [1.807, 2.05) is 6.07 Å². The van der Waals surface area contributed by atoms with E-state index in [0.29, 0.717) is 5.82 Å². The average Bonchev–Trinajstić information content (AvgIpc) is 3.00. The molecule has 1 aromatic heterocycles. The highest BCUT2D eigenvalue weighted by Crippen LogP contribution is 2.25. The van der Waals surface area contributed by atoms with Crippen LogP contribution in [0.1, 0.15) is 30.8 Å². The standard InChI is InChI=1S/C12H16N6O2S/c1-8(12-14-17-18-15-12)16-21(19,20)10-4-5-11-9(7-10)3-2-6-13-11/h4-5,7-8,13,16H,2-3,6H2,1H3,(H,14,15,17,18). The number of hydrogen-bond donors (Lipinski definition) is 3. The van der Waals surface area contributed by atoms with Crippen LogP contribution in [0.2, 0.25) is 0 Å². The number of nitrogens with one attached hydrogen (secondary N) is 3. The van der Waals surface area contributed by atoms with Gasteiger partial charge in [0, 0.05) is 12.2 Å². The fourth-order valence-electron chi connectivity index (χ4n) is 2.32. The summed E-state index contributed by atoms with van der Waals surface area (Å²) in [7, 11) is -3.62. The van der Waals surface area contributed by atoms with Crippen molar-refractivity contribution in [3.8, 4) is 0 Å². The van der Waals surface area contributed by atoms with E-state index in [0.717, 1.165) is 30.6 Å². The predicted octanol–water partition coefficient (Wildman–Crippen LogP) is 0.597. The molecule has 0 saturated carbocycles. The highest BCUT2D eigenvalue weighted by atomic mass is 32.2. The van der Waals surface area contributed by atoms with E-state index < -0.39 is 16.1 Å². The summed E-state index contributed by atoms with van der Waals surface area (Å²) in [5.74, 6) is 0.304. The van der Waals surface area contributed by atoms with E-state index >= 15 is 0 Å². The minimum Gasteiger partial charge on any atom is -0.385 e. The van der Waals surface area contributed by atoms with Gasteiger partial charge in [-0.2, -0.15) is 5.21 Å². The van der Waals surface area contributed by atoms with Crippen molar-refractivity contribution in [1.29, 1.82) is 0 Å². The first-order valence-corrected chi connectivity index (χ1v) is 8.17. The Hall–Kier alpha value is -2.00. The van der Waals surface area contributed by atoms with Gasteiger partial charge in [-0.05, 0) is 43.5 Å². The molecule has 1 aliphatic heterocycles. The maximum atomic E-state index is 12.4. The van der Waals surface area contributed by atoms with Crippen molar-refractivity contribution < 1.29 is 8.42 Å². The van der Waals surface area contributed by atoms with Crippen LogP contribution in [-0.4, -0.2) is 35.6 Å². The summed E-state index contributed by atoms with van der Waals surface area (Å²) in [6.45, 7) is 2.59. The number of nitrogens with zero attached hydrogens (tertiary/aromatic N) is 3. The van der Waals surface area contributed by atoms with Crippen LogP contribution in [0.15, 0.2) is 23.1 Å². The van der Waals surface area contributed by atoms with E-state index in [9.17, 15) is 8.42 Å². The van der Waals surface area contributed by atoms with Gasteiger partial charge in [0.25, 0.3) is 0 Å². The number of fused-ring (bicyclic) bond motifs is 1. The van der Waals surface area contributed by atoms with Gasteiger partial charge in [-0.25, -0.2) is 13.1 Å². The fourth-order valence-corrected chi connectivity index (χ4v) is 3.58. The molecule has 8 nitrogen and oxygen atoms in total. The molecular weight excluding hydrogens is 292 g/mol. The first kappa shape index (κ1) is 14.0. The van der Waals surface area contributed by atoms with Gasteiger partial charge in [-0.15, -0.1) is 10.2 Å². The predicted molar refractivity (Wildman–Crippen MR) is 76.2 cm³/mol. The lowest BCUT2D eigenvalue weighted by Crippen LogP contribution is -2.28. The molecule has 0 bridgehead atoms. The van der Waals surface area contributed by atoms with E-state index in [2.05, 4.69) is 30.7 Å². The van der Waals surface area contributed by atoms with Gasteiger partial charge in [-0.3, -0.25) is 0 Å². The second kappa shape index (κ2) is 5.41. The number of aryl methyl sites for hydroxylation is 1. The summed E-state index contributed by atoms with van der Waals surface area (Å²) in [4.78, 5) is 0.250. The molecule has 0 aliphatic carbocycles. The quantitative estimate of drug-likeness (QED) is 0.762. The van der Waals surface area contributed by atoms with Gasteiger partial charge in [0.2, 0.25) is 10.0 Å². The molecule has 3 rings (SSSR count). The van der Waals surface area contributed by atoms with Crippen molar-refractivity contribution in [3.63, 3.8) is 0 Å². The number of anilines is 1. The molecule has 1 unspecified atom stereocenters. The highest BCUT2D eigenvalue weighted by Gasteiger charge is 2.22. The van der Waals surface area contributed by atoms with Crippen LogP contribution < -0.4 is 10.0 Å². The monoisotopic (exact) mass is 308 g/mol. The van der Waals surface area contributed by atoms with Crippen LogP contribution in [0.25, 0.3) is 0 Å². The van der Waals surface area contributed by atoms with Gasteiger partial charge >= 0.3 is 0 Å². The Morgan fingerprint density at radius 2 is 2.24 bits per heavy atom. The Kier molecular flexibility index (Phi) is 3.60. The van der Waals surface area contributed by atoms with E-state index in [1.54, 1.807) is 19.1 Å². The number of hydrogen-bond acceptors (Lipinski definition) is 6. The molecule has 2 heterocycles. The van der Waals surface area contributed by atoms with Gasteiger partial charge in [-0.1, -0.05) is 5.21 Å². The summed E-state index contributed by atoms with van der Waals surface area (Å²) in [5, 5.41) is 16.5. The molecular formula is C12H16N6O2S. The smallest absolute Gasteiger partial charge is 0.241 e. The lowest BCUT2D eigenvalue weighted by atomic mass is 10.0. The lowest BCUT2D eigenvalue weighted by molar-refractivity contribution is 0.559. The Morgan fingerprint density at radius 3 is 3.00 bits per heavy atom.